The molecule has 122 valence electrons. The summed E-state index contributed by atoms with van der Waals surface area (Å²) < 4.78 is 10.9. The summed E-state index contributed by atoms with van der Waals surface area (Å²) in [6.07, 6.45) is 7.12. The van der Waals surface area contributed by atoms with E-state index in [1.807, 2.05) is 0 Å². The standard InChI is InChI=1S/C19H23NO2S/c1-11-4-7-18(23)14(8-11)19-13-10-17(22-3)16(21-2)9-12(13)5-6-15(19)20/h4,8-10,15,19H,5-7,20H2,1-3H3/t15-,19+/m1/s1. The van der Waals surface area contributed by atoms with Crippen LogP contribution in [0.2, 0.25) is 0 Å². The first-order valence-corrected chi connectivity index (χ1v) is 8.38. The summed E-state index contributed by atoms with van der Waals surface area (Å²) in [6, 6.07) is 4.24. The third-order valence-corrected chi connectivity index (χ3v) is 5.21. The maximum absolute atomic E-state index is 6.50. The number of methoxy groups -OCH3 is 2. The van der Waals surface area contributed by atoms with Gasteiger partial charge in [-0.25, -0.2) is 0 Å². The van der Waals surface area contributed by atoms with E-state index in [0.717, 1.165) is 35.6 Å². The van der Waals surface area contributed by atoms with E-state index in [1.54, 1.807) is 14.2 Å². The largest absolute Gasteiger partial charge is 0.493 e. The molecule has 0 aliphatic heterocycles. The van der Waals surface area contributed by atoms with E-state index in [9.17, 15) is 0 Å². The lowest BCUT2D eigenvalue weighted by atomic mass is 9.73. The van der Waals surface area contributed by atoms with Crippen LogP contribution in [0.15, 0.2) is 35.4 Å². The van der Waals surface area contributed by atoms with Crippen molar-refractivity contribution in [2.24, 2.45) is 5.73 Å². The fraction of sp³-hybridized carbons (Fsp3) is 0.421. The Balaban J connectivity index is 2.13. The molecule has 0 unspecified atom stereocenters. The van der Waals surface area contributed by atoms with E-state index in [-0.39, 0.29) is 12.0 Å². The minimum Gasteiger partial charge on any atom is -0.493 e. The van der Waals surface area contributed by atoms with E-state index in [4.69, 9.17) is 27.4 Å². The normalized spacial score (nSPS) is 23.7. The molecule has 3 rings (SSSR count). The van der Waals surface area contributed by atoms with Crippen LogP contribution in [0.3, 0.4) is 0 Å². The molecule has 0 fully saturated rings. The molecule has 3 nitrogen and oxygen atoms in total. The molecule has 2 N–H and O–H groups in total. The Labute approximate surface area is 143 Å². The average Bonchev–Trinajstić information content (AvgIpc) is 2.56. The second kappa shape index (κ2) is 6.46. The maximum Gasteiger partial charge on any atom is 0.161 e. The number of nitrogens with two attached hydrogens (primary N) is 1. The second-order valence-corrected chi connectivity index (χ2v) is 6.75. The Bertz CT molecular complexity index is 706. The number of aryl methyl sites for hydroxylation is 1. The first-order chi connectivity index (χ1) is 11.0. The minimum atomic E-state index is 0.0794. The van der Waals surface area contributed by atoms with Crippen LogP contribution in [0.25, 0.3) is 0 Å². The topological polar surface area (TPSA) is 44.5 Å². The monoisotopic (exact) mass is 329 g/mol. The highest BCUT2D eigenvalue weighted by Crippen LogP contribution is 2.43. The summed E-state index contributed by atoms with van der Waals surface area (Å²) >= 11 is 5.63. The van der Waals surface area contributed by atoms with Crippen molar-refractivity contribution in [2.45, 2.75) is 38.1 Å². The van der Waals surface area contributed by atoms with Gasteiger partial charge < -0.3 is 15.2 Å². The van der Waals surface area contributed by atoms with E-state index in [2.05, 4.69) is 31.2 Å². The second-order valence-electron chi connectivity index (χ2n) is 6.26. The summed E-state index contributed by atoms with van der Waals surface area (Å²) in [5.41, 5.74) is 11.5. The summed E-state index contributed by atoms with van der Waals surface area (Å²) in [5.74, 6) is 1.66. The lowest BCUT2D eigenvalue weighted by Crippen LogP contribution is -2.36. The molecule has 1 aromatic rings. The Morgan fingerprint density at radius 1 is 1.17 bits per heavy atom. The average molecular weight is 329 g/mol. The van der Waals surface area contributed by atoms with Crippen molar-refractivity contribution in [1.82, 2.24) is 0 Å². The van der Waals surface area contributed by atoms with Gasteiger partial charge in [0.1, 0.15) is 0 Å². The smallest absolute Gasteiger partial charge is 0.161 e. The van der Waals surface area contributed by atoms with Crippen LogP contribution in [-0.2, 0) is 6.42 Å². The van der Waals surface area contributed by atoms with E-state index in [1.165, 1.54) is 22.3 Å². The molecule has 2 aliphatic rings. The van der Waals surface area contributed by atoms with Crippen molar-refractivity contribution in [3.63, 3.8) is 0 Å². The van der Waals surface area contributed by atoms with Gasteiger partial charge in [-0.2, -0.15) is 0 Å². The summed E-state index contributed by atoms with van der Waals surface area (Å²) in [4.78, 5) is 0.999. The highest BCUT2D eigenvalue weighted by atomic mass is 32.1. The van der Waals surface area contributed by atoms with Crippen LogP contribution in [0.4, 0.5) is 0 Å². The molecular weight excluding hydrogens is 306 g/mol. The van der Waals surface area contributed by atoms with Gasteiger partial charge >= 0.3 is 0 Å². The quantitative estimate of drug-likeness (QED) is 0.859. The number of hydrogen-bond donors (Lipinski definition) is 1. The van der Waals surface area contributed by atoms with Crippen molar-refractivity contribution < 1.29 is 9.47 Å². The number of fused-ring (bicyclic) bond motifs is 1. The van der Waals surface area contributed by atoms with Gasteiger partial charge in [0.25, 0.3) is 0 Å². The highest BCUT2D eigenvalue weighted by Gasteiger charge is 2.33. The molecule has 0 aromatic heterocycles. The molecule has 0 saturated heterocycles. The van der Waals surface area contributed by atoms with Crippen molar-refractivity contribution in [2.75, 3.05) is 14.2 Å². The fourth-order valence-corrected chi connectivity index (χ4v) is 3.85. The third-order valence-electron chi connectivity index (χ3n) is 4.81. The lowest BCUT2D eigenvalue weighted by Gasteiger charge is -2.35. The maximum atomic E-state index is 6.50. The fourth-order valence-electron chi connectivity index (χ4n) is 3.58. The van der Waals surface area contributed by atoms with Crippen molar-refractivity contribution >= 4 is 17.1 Å². The molecule has 0 heterocycles. The first kappa shape index (κ1) is 16.2. The summed E-state index contributed by atoms with van der Waals surface area (Å²) in [6.45, 7) is 2.12. The van der Waals surface area contributed by atoms with Gasteiger partial charge in [-0.05, 0) is 48.6 Å². The molecule has 23 heavy (non-hydrogen) atoms. The number of ether oxygens (including phenoxy) is 2. The number of benzene rings is 1. The summed E-state index contributed by atoms with van der Waals surface area (Å²) in [7, 11) is 3.34. The molecule has 0 radical (unpaired) electrons. The highest BCUT2D eigenvalue weighted by molar-refractivity contribution is 7.80. The van der Waals surface area contributed by atoms with Crippen LogP contribution >= 0.6 is 12.2 Å². The molecule has 1 aromatic carbocycles. The minimum absolute atomic E-state index is 0.0794. The Kier molecular flexibility index (Phi) is 4.55. The molecular formula is C19H23NO2S. The zero-order chi connectivity index (χ0) is 16.6. The predicted molar refractivity (Wildman–Crippen MR) is 97.6 cm³/mol. The van der Waals surface area contributed by atoms with Crippen LogP contribution in [0.5, 0.6) is 11.5 Å². The van der Waals surface area contributed by atoms with Gasteiger partial charge in [-0.15, -0.1) is 0 Å². The van der Waals surface area contributed by atoms with E-state index in [0.29, 0.717) is 0 Å². The van der Waals surface area contributed by atoms with Gasteiger partial charge in [-0.3, -0.25) is 0 Å². The first-order valence-electron chi connectivity index (χ1n) is 7.97. The van der Waals surface area contributed by atoms with Gasteiger partial charge in [0, 0.05) is 23.2 Å². The third kappa shape index (κ3) is 2.93. The molecule has 2 aliphatic carbocycles. The predicted octanol–water partition coefficient (Wildman–Crippen LogP) is 3.71. The van der Waals surface area contributed by atoms with Crippen molar-refractivity contribution in [1.29, 1.82) is 0 Å². The van der Waals surface area contributed by atoms with Crippen molar-refractivity contribution in [3.05, 3.63) is 46.6 Å². The Hall–Kier alpha value is -1.65. The number of thiocarbonyl (C=S) groups is 1. The van der Waals surface area contributed by atoms with Crippen LogP contribution in [0, 0.1) is 0 Å². The molecule has 0 bridgehead atoms. The number of rotatable bonds is 3. The van der Waals surface area contributed by atoms with Gasteiger partial charge in [0.2, 0.25) is 0 Å². The molecule has 4 heteroatoms. The SMILES string of the molecule is COc1cc2c(cc1OC)[C@@H](C1=CC(C)=CCC1=S)[C@H](N)CC2. The molecule has 0 saturated carbocycles. The van der Waals surface area contributed by atoms with Gasteiger partial charge in [0.15, 0.2) is 11.5 Å². The summed E-state index contributed by atoms with van der Waals surface area (Å²) in [5, 5.41) is 0. The van der Waals surface area contributed by atoms with Gasteiger partial charge in [-0.1, -0.05) is 29.9 Å². The van der Waals surface area contributed by atoms with Crippen LogP contribution in [0.1, 0.15) is 36.8 Å². The Morgan fingerprint density at radius 2 is 1.87 bits per heavy atom. The van der Waals surface area contributed by atoms with Crippen molar-refractivity contribution in [3.8, 4) is 11.5 Å². The molecule has 0 amide bonds. The Morgan fingerprint density at radius 3 is 2.57 bits per heavy atom. The number of allylic oxidation sites excluding steroid dienone is 3. The van der Waals surface area contributed by atoms with E-state index < -0.39 is 0 Å². The lowest BCUT2D eigenvalue weighted by molar-refractivity contribution is 0.352. The molecule has 0 spiro atoms. The number of hydrogen-bond acceptors (Lipinski definition) is 4. The van der Waals surface area contributed by atoms with Gasteiger partial charge in [0.05, 0.1) is 14.2 Å². The zero-order valence-corrected chi connectivity index (χ0v) is 14.7. The van der Waals surface area contributed by atoms with Crippen LogP contribution < -0.4 is 15.2 Å². The van der Waals surface area contributed by atoms with E-state index >= 15 is 0 Å². The molecule has 2 atom stereocenters. The zero-order valence-electron chi connectivity index (χ0n) is 13.9. The van der Waals surface area contributed by atoms with Crippen LogP contribution in [-0.4, -0.2) is 25.1 Å².